The highest BCUT2D eigenvalue weighted by atomic mass is 16.5. The van der Waals surface area contributed by atoms with Crippen LogP contribution < -0.4 is 0 Å². The van der Waals surface area contributed by atoms with Crippen molar-refractivity contribution in [3.05, 3.63) is 48.0 Å². The summed E-state index contributed by atoms with van der Waals surface area (Å²) < 4.78 is 6.40. The molecule has 2 aliphatic rings. The van der Waals surface area contributed by atoms with Crippen molar-refractivity contribution in [2.24, 2.45) is 0 Å². The van der Waals surface area contributed by atoms with Gasteiger partial charge in [-0.15, -0.1) is 0 Å². The average molecular weight is 309 g/mol. The van der Waals surface area contributed by atoms with Gasteiger partial charge in [-0.25, -0.2) is 0 Å². The predicted octanol–water partition coefficient (Wildman–Crippen LogP) is 5.28. The van der Waals surface area contributed by atoms with Crippen LogP contribution in [0.4, 0.5) is 0 Å². The van der Waals surface area contributed by atoms with Crippen LogP contribution in [-0.2, 0) is 4.74 Å². The second-order valence-electron chi connectivity index (χ2n) is 7.32. The first kappa shape index (κ1) is 15.2. The molecular formula is C21H27NO. The quantitative estimate of drug-likeness (QED) is 0.748. The fraction of sp³-hybridized carbons (Fsp3) is 0.524. The Kier molecular flexibility index (Phi) is 4.13. The van der Waals surface area contributed by atoms with Crippen molar-refractivity contribution in [1.82, 2.24) is 4.90 Å². The molecule has 1 saturated heterocycles. The number of nitrogens with zero attached hydrogens (tertiary/aromatic N) is 1. The summed E-state index contributed by atoms with van der Waals surface area (Å²) in [6, 6.07) is 15.8. The smallest absolute Gasteiger partial charge is 0.100 e. The maximum absolute atomic E-state index is 6.40. The van der Waals surface area contributed by atoms with Crippen LogP contribution in [0.1, 0.15) is 57.1 Å². The molecule has 1 spiro atoms. The van der Waals surface area contributed by atoms with Crippen molar-refractivity contribution >= 4 is 10.8 Å². The molecule has 1 aliphatic carbocycles. The highest BCUT2D eigenvalue weighted by Crippen LogP contribution is 2.39. The molecule has 122 valence electrons. The highest BCUT2D eigenvalue weighted by Gasteiger charge is 2.37. The molecule has 1 aliphatic heterocycles. The van der Waals surface area contributed by atoms with E-state index in [1.54, 1.807) is 0 Å². The van der Waals surface area contributed by atoms with E-state index in [0.717, 1.165) is 13.3 Å². The van der Waals surface area contributed by atoms with Gasteiger partial charge in [-0.2, -0.15) is 0 Å². The van der Waals surface area contributed by atoms with Crippen molar-refractivity contribution in [3.8, 4) is 0 Å². The van der Waals surface area contributed by atoms with Crippen LogP contribution in [0.5, 0.6) is 0 Å². The standard InChI is InChI=1S/C21H27NO/c1-17(19-11-7-9-18-8-3-4-10-20(18)19)22-15-14-21(23-16-22)12-5-2-6-13-21/h3-4,7-11,17H,2,5-6,12-16H2,1H3/t17-/m0/s1. The van der Waals surface area contributed by atoms with Gasteiger partial charge in [0.15, 0.2) is 0 Å². The van der Waals surface area contributed by atoms with Crippen LogP contribution in [0.25, 0.3) is 10.8 Å². The molecule has 1 heterocycles. The van der Waals surface area contributed by atoms with Gasteiger partial charge in [0, 0.05) is 12.6 Å². The number of ether oxygens (including phenoxy) is 1. The molecule has 1 atom stereocenters. The van der Waals surface area contributed by atoms with Gasteiger partial charge in [-0.3, -0.25) is 4.90 Å². The van der Waals surface area contributed by atoms with Crippen LogP contribution >= 0.6 is 0 Å². The van der Waals surface area contributed by atoms with Crippen LogP contribution in [-0.4, -0.2) is 23.8 Å². The molecule has 0 N–H and O–H groups in total. The van der Waals surface area contributed by atoms with Crippen LogP contribution in [0.15, 0.2) is 42.5 Å². The molecule has 4 rings (SSSR count). The summed E-state index contributed by atoms with van der Waals surface area (Å²) in [6.07, 6.45) is 7.81. The Balaban J connectivity index is 1.52. The Morgan fingerprint density at radius 1 is 0.957 bits per heavy atom. The van der Waals surface area contributed by atoms with Gasteiger partial charge in [0.05, 0.1) is 5.60 Å². The first-order chi connectivity index (χ1) is 11.3. The minimum atomic E-state index is 0.202. The zero-order chi connectivity index (χ0) is 15.7. The summed E-state index contributed by atoms with van der Waals surface area (Å²) in [5.74, 6) is 0. The van der Waals surface area contributed by atoms with Gasteiger partial charge >= 0.3 is 0 Å². The lowest BCUT2D eigenvalue weighted by Crippen LogP contribution is -2.48. The third-order valence-corrected chi connectivity index (χ3v) is 5.98. The number of hydrogen-bond acceptors (Lipinski definition) is 2. The lowest BCUT2D eigenvalue weighted by atomic mass is 9.81. The molecule has 0 bridgehead atoms. The minimum absolute atomic E-state index is 0.202. The maximum atomic E-state index is 6.40. The summed E-state index contributed by atoms with van der Waals surface area (Å²) in [4.78, 5) is 2.50. The molecular weight excluding hydrogens is 282 g/mol. The van der Waals surface area contributed by atoms with Gasteiger partial charge in [0.25, 0.3) is 0 Å². The average Bonchev–Trinajstić information content (AvgIpc) is 2.62. The van der Waals surface area contributed by atoms with E-state index in [1.807, 2.05) is 0 Å². The van der Waals surface area contributed by atoms with E-state index in [1.165, 1.54) is 54.9 Å². The van der Waals surface area contributed by atoms with E-state index < -0.39 is 0 Å². The molecule has 2 heteroatoms. The fourth-order valence-electron chi connectivity index (χ4n) is 4.41. The molecule has 0 amide bonds. The van der Waals surface area contributed by atoms with E-state index in [2.05, 4.69) is 54.3 Å². The molecule has 2 aromatic rings. The second-order valence-corrected chi connectivity index (χ2v) is 7.32. The largest absolute Gasteiger partial charge is 0.360 e. The molecule has 2 nitrogen and oxygen atoms in total. The zero-order valence-electron chi connectivity index (χ0n) is 14.1. The Hall–Kier alpha value is -1.38. The van der Waals surface area contributed by atoms with Crippen molar-refractivity contribution in [1.29, 1.82) is 0 Å². The molecule has 2 fully saturated rings. The Labute approximate surface area is 139 Å². The SMILES string of the molecule is C[C@@H](c1cccc2ccccc12)N1CCC2(CCCCC2)OC1. The first-order valence-corrected chi connectivity index (χ1v) is 9.13. The maximum Gasteiger partial charge on any atom is 0.100 e. The summed E-state index contributed by atoms with van der Waals surface area (Å²) in [5, 5.41) is 2.71. The van der Waals surface area contributed by atoms with E-state index in [0.29, 0.717) is 6.04 Å². The van der Waals surface area contributed by atoms with Gasteiger partial charge in [0.1, 0.15) is 6.73 Å². The summed E-state index contributed by atoms with van der Waals surface area (Å²) >= 11 is 0. The number of benzene rings is 2. The molecule has 0 radical (unpaired) electrons. The van der Waals surface area contributed by atoms with Crippen LogP contribution in [0.3, 0.4) is 0 Å². The Morgan fingerprint density at radius 3 is 2.52 bits per heavy atom. The summed E-state index contributed by atoms with van der Waals surface area (Å²) in [7, 11) is 0. The third kappa shape index (κ3) is 2.90. The Bertz CT molecular complexity index is 659. The van der Waals surface area contributed by atoms with Crippen molar-refractivity contribution < 1.29 is 4.74 Å². The lowest BCUT2D eigenvalue weighted by molar-refractivity contribution is -0.162. The summed E-state index contributed by atoms with van der Waals surface area (Å²) in [5.41, 5.74) is 1.62. The monoisotopic (exact) mass is 309 g/mol. The van der Waals surface area contributed by atoms with Crippen LogP contribution in [0, 0.1) is 0 Å². The number of rotatable bonds is 2. The fourth-order valence-corrected chi connectivity index (χ4v) is 4.41. The second kappa shape index (κ2) is 6.26. The number of fused-ring (bicyclic) bond motifs is 1. The van der Waals surface area contributed by atoms with E-state index in [9.17, 15) is 0 Å². The van der Waals surface area contributed by atoms with Gasteiger partial charge < -0.3 is 4.74 Å². The summed E-state index contributed by atoms with van der Waals surface area (Å²) in [6.45, 7) is 4.26. The van der Waals surface area contributed by atoms with Crippen LogP contribution in [0.2, 0.25) is 0 Å². The van der Waals surface area contributed by atoms with E-state index in [-0.39, 0.29) is 5.60 Å². The van der Waals surface area contributed by atoms with Crippen molar-refractivity contribution in [2.45, 2.75) is 57.1 Å². The first-order valence-electron chi connectivity index (χ1n) is 9.13. The topological polar surface area (TPSA) is 12.5 Å². The van der Waals surface area contributed by atoms with Crippen molar-refractivity contribution in [2.75, 3.05) is 13.3 Å². The minimum Gasteiger partial charge on any atom is -0.360 e. The third-order valence-electron chi connectivity index (χ3n) is 5.98. The van der Waals surface area contributed by atoms with Gasteiger partial charge in [-0.1, -0.05) is 61.7 Å². The highest BCUT2D eigenvalue weighted by molar-refractivity contribution is 5.86. The molecule has 23 heavy (non-hydrogen) atoms. The normalized spacial score (nSPS) is 23.2. The van der Waals surface area contributed by atoms with Gasteiger partial charge in [-0.05, 0) is 42.5 Å². The predicted molar refractivity (Wildman–Crippen MR) is 95.5 cm³/mol. The molecule has 0 aromatic heterocycles. The van der Waals surface area contributed by atoms with Gasteiger partial charge in [0.2, 0.25) is 0 Å². The van der Waals surface area contributed by atoms with E-state index in [4.69, 9.17) is 4.74 Å². The Morgan fingerprint density at radius 2 is 1.74 bits per heavy atom. The molecule has 1 saturated carbocycles. The number of hydrogen-bond donors (Lipinski definition) is 0. The van der Waals surface area contributed by atoms with Crippen molar-refractivity contribution in [3.63, 3.8) is 0 Å². The van der Waals surface area contributed by atoms with E-state index >= 15 is 0 Å². The molecule has 2 aromatic carbocycles. The lowest BCUT2D eigenvalue weighted by Gasteiger charge is -2.45. The molecule has 0 unspecified atom stereocenters. The zero-order valence-corrected chi connectivity index (χ0v) is 14.1.